The largest absolute Gasteiger partial charge is 0.496 e. The van der Waals surface area contributed by atoms with Crippen molar-refractivity contribution in [1.29, 1.82) is 0 Å². The van der Waals surface area contributed by atoms with E-state index in [1.54, 1.807) is 19.4 Å². The van der Waals surface area contributed by atoms with E-state index in [2.05, 4.69) is 4.90 Å². The van der Waals surface area contributed by atoms with Crippen molar-refractivity contribution >= 4 is 5.78 Å². The summed E-state index contributed by atoms with van der Waals surface area (Å²) in [4.78, 5) is 15.4. The topological polar surface area (TPSA) is 51.9 Å². The number of benzene rings is 2. The van der Waals surface area contributed by atoms with Crippen LogP contribution in [0.1, 0.15) is 27.0 Å². The van der Waals surface area contributed by atoms with Gasteiger partial charge in [-0.15, -0.1) is 0 Å². The highest BCUT2D eigenvalue weighted by molar-refractivity contribution is 6.11. The second-order valence-electron chi connectivity index (χ2n) is 7.31. The summed E-state index contributed by atoms with van der Waals surface area (Å²) in [7, 11) is 5.58. The summed E-state index contributed by atoms with van der Waals surface area (Å²) >= 11 is 0. The molecule has 0 spiro atoms. The van der Waals surface area contributed by atoms with Crippen LogP contribution in [0.15, 0.2) is 53.1 Å². The van der Waals surface area contributed by atoms with E-state index < -0.39 is 0 Å². The molecule has 0 bridgehead atoms. The van der Waals surface area contributed by atoms with Crippen LogP contribution in [0.25, 0.3) is 11.3 Å². The average molecular weight is 393 g/mol. The van der Waals surface area contributed by atoms with Crippen LogP contribution in [0, 0.1) is 13.8 Å². The van der Waals surface area contributed by atoms with Crippen LogP contribution in [-0.2, 0) is 0 Å². The second-order valence-corrected chi connectivity index (χ2v) is 7.31. The quantitative estimate of drug-likeness (QED) is 0.517. The molecule has 3 aromatic rings. The van der Waals surface area contributed by atoms with Gasteiger partial charge in [-0.05, 0) is 81.5 Å². The molecule has 0 radical (unpaired) electrons. The molecule has 0 aliphatic carbocycles. The number of nitrogens with zero attached hydrogens (tertiary/aromatic N) is 1. The van der Waals surface area contributed by atoms with Crippen LogP contribution in [-0.4, -0.2) is 45.0 Å². The first-order valence-corrected chi connectivity index (χ1v) is 9.56. The zero-order valence-corrected chi connectivity index (χ0v) is 17.6. The molecule has 0 aliphatic rings. The minimum Gasteiger partial charge on any atom is -0.496 e. The van der Waals surface area contributed by atoms with Crippen LogP contribution < -0.4 is 9.47 Å². The third-order valence-electron chi connectivity index (χ3n) is 4.76. The van der Waals surface area contributed by atoms with E-state index >= 15 is 0 Å². The first-order valence-electron chi connectivity index (χ1n) is 9.56. The van der Waals surface area contributed by atoms with Gasteiger partial charge in [0.15, 0.2) is 5.78 Å². The molecule has 1 heterocycles. The predicted molar refractivity (Wildman–Crippen MR) is 114 cm³/mol. The van der Waals surface area contributed by atoms with Crippen LogP contribution in [0.4, 0.5) is 0 Å². The van der Waals surface area contributed by atoms with Gasteiger partial charge >= 0.3 is 0 Å². The summed E-state index contributed by atoms with van der Waals surface area (Å²) in [5, 5.41) is 0. The average Bonchev–Trinajstić information content (AvgIpc) is 3.23. The summed E-state index contributed by atoms with van der Waals surface area (Å²) < 4.78 is 16.9. The molecular weight excluding hydrogens is 366 g/mol. The lowest BCUT2D eigenvalue weighted by atomic mass is 9.96. The van der Waals surface area contributed by atoms with Gasteiger partial charge in [-0.3, -0.25) is 4.79 Å². The van der Waals surface area contributed by atoms with E-state index in [9.17, 15) is 4.79 Å². The van der Waals surface area contributed by atoms with Gasteiger partial charge in [-0.2, -0.15) is 0 Å². The van der Waals surface area contributed by atoms with Crippen molar-refractivity contribution in [2.45, 2.75) is 13.8 Å². The van der Waals surface area contributed by atoms with E-state index in [1.807, 2.05) is 64.3 Å². The molecule has 1 aromatic heterocycles. The molecule has 0 saturated carbocycles. The SMILES string of the molecule is COc1ccc(-c2ccco2)cc1C(=O)c1cc(C)c(OCCN(C)C)c(C)c1. The van der Waals surface area contributed by atoms with Crippen molar-refractivity contribution in [3.63, 3.8) is 0 Å². The maximum atomic E-state index is 13.3. The molecule has 0 atom stereocenters. The van der Waals surface area contributed by atoms with Gasteiger partial charge in [0.1, 0.15) is 23.9 Å². The van der Waals surface area contributed by atoms with Gasteiger partial charge in [0, 0.05) is 17.7 Å². The highest BCUT2D eigenvalue weighted by Gasteiger charge is 2.19. The Kier molecular flexibility index (Phi) is 6.39. The monoisotopic (exact) mass is 393 g/mol. The molecule has 3 rings (SSSR count). The van der Waals surface area contributed by atoms with Crippen molar-refractivity contribution in [3.05, 3.63) is 71.0 Å². The normalized spacial score (nSPS) is 11.0. The van der Waals surface area contributed by atoms with Gasteiger partial charge in [0.25, 0.3) is 0 Å². The smallest absolute Gasteiger partial charge is 0.196 e. The lowest BCUT2D eigenvalue weighted by molar-refractivity contribution is 0.103. The number of ether oxygens (including phenoxy) is 2. The van der Waals surface area contributed by atoms with Crippen molar-refractivity contribution in [3.8, 4) is 22.8 Å². The van der Waals surface area contributed by atoms with Gasteiger partial charge < -0.3 is 18.8 Å². The fourth-order valence-corrected chi connectivity index (χ4v) is 3.28. The Labute approximate surface area is 171 Å². The van der Waals surface area contributed by atoms with E-state index in [0.29, 0.717) is 29.2 Å². The van der Waals surface area contributed by atoms with E-state index in [1.165, 1.54) is 0 Å². The lowest BCUT2D eigenvalue weighted by Gasteiger charge is -2.16. The highest BCUT2D eigenvalue weighted by Crippen LogP contribution is 2.31. The predicted octanol–water partition coefficient (Wildman–Crippen LogP) is 4.74. The van der Waals surface area contributed by atoms with Gasteiger partial charge in [-0.1, -0.05) is 0 Å². The summed E-state index contributed by atoms with van der Waals surface area (Å²) in [6.45, 7) is 5.36. The number of furan rings is 1. The summed E-state index contributed by atoms with van der Waals surface area (Å²) in [6.07, 6.45) is 1.61. The van der Waals surface area contributed by atoms with Gasteiger partial charge in [-0.25, -0.2) is 0 Å². The van der Waals surface area contributed by atoms with Crippen LogP contribution >= 0.6 is 0 Å². The minimum atomic E-state index is -0.0960. The number of methoxy groups -OCH3 is 1. The van der Waals surface area contributed by atoms with Crippen molar-refractivity contribution in [1.82, 2.24) is 4.90 Å². The van der Waals surface area contributed by atoms with Crippen LogP contribution in [0.2, 0.25) is 0 Å². The van der Waals surface area contributed by atoms with Crippen LogP contribution in [0.3, 0.4) is 0 Å². The molecular formula is C24H27NO4. The summed E-state index contributed by atoms with van der Waals surface area (Å²) in [5.41, 5.74) is 3.81. The maximum absolute atomic E-state index is 13.3. The molecule has 29 heavy (non-hydrogen) atoms. The molecule has 152 valence electrons. The van der Waals surface area contributed by atoms with Crippen molar-refractivity contribution in [2.75, 3.05) is 34.4 Å². The Balaban J connectivity index is 1.93. The van der Waals surface area contributed by atoms with Crippen LogP contribution in [0.5, 0.6) is 11.5 Å². The Morgan fingerprint density at radius 1 is 1.07 bits per heavy atom. The first kappa shape index (κ1) is 20.7. The standard InChI is InChI=1S/C24H27NO4/c1-16-13-19(14-17(2)24(16)29-12-10-25(3)4)23(26)20-15-18(8-9-22(20)27-5)21-7-6-11-28-21/h6-9,11,13-15H,10,12H2,1-5H3. The number of rotatable bonds is 8. The molecule has 0 fully saturated rings. The van der Waals surface area contributed by atoms with Crippen molar-refractivity contribution < 1.29 is 18.7 Å². The first-order chi connectivity index (χ1) is 13.9. The number of carbonyl (C=O) groups is 1. The van der Waals surface area contributed by atoms with Gasteiger partial charge in [0.2, 0.25) is 0 Å². The Morgan fingerprint density at radius 2 is 1.79 bits per heavy atom. The molecule has 2 aromatic carbocycles. The summed E-state index contributed by atoms with van der Waals surface area (Å²) in [5.74, 6) is 1.98. The zero-order valence-electron chi connectivity index (χ0n) is 17.6. The zero-order chi connectivity index (χ0) is 21.0. The number of hydrogen-bond acceptors (Lipinski definition) is 5. The molecule has 0 amide bonds. The highest BCUT2D eigenvalue weighted by atomic mass is 16.5. The molecule has 0 saturated heterocycles. The lowest BCUT2D eigenvalue weighted by Crippen LogP contribution is -2.20. The number of ketones is 1. The van der Waals surface area contributed by atoms with E-state index in [-0.39, 0.29) is 5.78 Å². The summed E-state index contributed by atoms with van der Waals surface area (Å²) in [6, 6.07) is 12.9. The fraction of sp³-hybridized carbons (Fsp3) is 0.292. The molecule has 5 nitrogen and oxygen atoms in total. The Bertz CT molecular complexity index is 967. The van der Waals surface area contributed by atoms with Crippen molar-refractivity contribution in [2.24, 2.45) is 0 Å². The number of aryl methyl sites for hydroxylation is 2. The van der Waals surface area contributed by atoms with E-state index in [4.69, 9.17) is 13.9 Å². The third-order valence-corrected chi connectivity index (χ3v) is 4.76. The molecule has 0 N–H and O–H groups in total. The number of likely N-dealkylation sites (N-methyl/N-ethyl adjacent to an activating group) is 1. The Morgan fingerprint density at radius 3 is 2.38 bits per heavy atom. The van der Waals surface area contributed by atoms with Gasteiger partial charge in [0.05, 0.1) is 18.9 Å². The maximum Gasteiger partial charge on any atom is 0.196 e. The molecule has 5 heteroatoms. The third kappa shape index (κ3) is 4.69. The Hall–Kier alpha value is -3.05. The minimum absolute atomic E-state index is 0.0960. The molecule has 0 unspecified atom stereocenters. The number of hydrogen-bond donors (Lipinski definition) is 0. The second kappa shape index (κ2) is 8.97. The fourth-order valence-electron chi connectivity index (χ4n) is 3.28. The molecule has 0 aliphatic heterocycles. The van der Waals surface area contributed by atoms with E-state index in [0.717, 1.165) is 29.0 Å². The number of carbonyl (C=O) groups excluding carboxylic acids is 1.